The number of carbonyl (C=O) groups excluding carboxylic acids is 1. The highest BCUT2D eigenvalue weighted by atomic mass is 32.2. The van der Waals surface area contributed by atoms with Crippen LogP contribution in [0.2, 0.25) is 0 Å². The summed E-state index contributed by atoms with van der Waals surface area (Å²) in [7, 11) is 0. The van der Waals surface area contributed by atoms with Gasteiger partial charge in [0.1, 0.15) is 5.82 Å². The normalized spacial score (nSPS) is 19.4. The Kier molecular flexibility index (Phi) is 5.99. The highest BCUT2D eigenvalue weighted by molar-refractivity contribution is 8.15. The first-order valence-electron chi connectivity index (χ1n) is 8.04. The zero-order valence-corrected chi connectivity index (χ0v) is 15.4. The van der Waals surface area contributed by atoms with Gasteiger partial charge in [-0.1, -0.05) is 43.3 Å². The van der Waals surface area contributed by atoms with Crippen molar-refractivity contribution >= 4 is 40.4 Å². The fourth-order valence-corrected chi connectivity index (χ4v) is 4.24. The smallest absolute Gasteiger partial charge is 0.242 e. The van der Waals surface area contributed by atoms with Crippen molar-refractivity contribution in [2.45, 2.75) is 31.6 Å². The van der Waals surface area contributed by atoms with Crippen LogP contribution in [0.15, 0.2) is 52.0 Å². The van der Waals surface area contributed by atoms with Crippen LogP contribution in [-0.2, 0) is 11.3 Å². The molecule has 25 heavy (non-hydrogen) atoms. The molecule has 0 bridgehead atoms. The number of carbonyl (C=O) groups is 1. The zero-order valence-electron chi connectivity index (χ0n) is 13.8. The van der Waals surface area contributed by atoms with Crippen LogP contribution in [0.1, 0.15) is 30.2 Å². The number of halogens is 1. The van der Waals surface area contributed by atoms with Crippen molar-refractivity contribution in [2.24, 2.45) is 10.2 Å². The van der Waals surface area contributed by atoms with E-state index in [1.165, 1.54) is 23.9 Å². The Morgan fingerprint density at radius 1 is 1.28 bits per heavy atom. The summed E-state index contributed by atoms with van der Waals surface area (Å²) in [5, 5.41) is 10.8. The molecule has 7 heteroatoms. The van der Waals surface area contributed by atoms with Crippen LogP contribution >= 0.6 is 23.1 Å². The van der Waals surface area contributed by atoms with E-state index in [1.54, 1.807) is 34.6 Å². The minimum Gasteiger partial charge on any atom is -0.284 e. The molecule has 0 spiro atoms. The summed E-state index contributed by atoms with van der Waals surface area (Å²) in [4.78, 5) is 15.3. The van der Waals surface area contributed by atoms with E-state index in [-0.39, 0.29) is 17.0 Å². The Hall–Kier alpha value is -1.99. The van der Waals surface area contributed by atoms with Gasteiger partial charge in [0, 0.05) is 4.88 Å². The first kappa shape index (κ1) is 17.8. The molecule has 0 radical (unpaired) electrons. The van der Waals surface area contributed by atoms with Crippen LogP contribution in [0.4, 0.5) is 4.39 Å². The third-order valence-electron chi connectivity index (χ3n) is 3.70. The second-order valence-corrected chi connectivity index (χ2v) is 7.74. The average molecular weight is 375 g/mol. The van der Waals surface area contributed by atoms with Crippen LogP contribution in [-0.4, -0.2) is 27.4 Å². The molecular formula is C18H18FN3OS2. The van der Waals surface area contributed by atoms with Gasteiger partial charge in [0.25, 0.3) is 0 Å². The summed E-state index contributed by atoms with van der Waals surface area (Å²) in [6.45, 7) is 2.43. The molecule has 1 unspecified atom stereocenters. The molecule has 0 aliphatic carbocycles. The van der Waals surface area contributed by atoms with E-state index in [0.717, 1.165) is 23.3 Å². The number of amides is 1. The van der Waals surface area contributed by atoms with Crippen molar-refractivity contribution < 1.29 is 9.18 Å². The molecule has 1 fully saturated rings. The molecule has 1 amide bonds. The molecule has 130 valence electrons. The number of hydrogen-bond acceptors (Lipinski definition) is 5. The Morgan fingerprint density at radius 2 is 2.08 bits per heavy atom. The summed E-state index contributed by atoms with van der Waals surface area (Å²) >= 11 is 3.03. The number of thiophene rings is 1. The molecule has 1 aliphatic heterocycles. The van der Waals surface area contributed by atoms with E-state index in [0.29, 0.717) is 11.7 Å². The number of rotatable bonds is 6. The molecule has 3 rings (SSSR count). The lowest BCUT2D eigenvalue weighted by atomic mass is 10.2. The van der Waals surface area contributed by atoms with Crippen LogP contribution in [0.3, 0.4) is 0 Å². The molecule has 2 heterocycles. The second kappa shape index (κ2) is 8.40. The van der Waals surface area contributed by atoms with Gasteiger partial charge >= 0.3 is 0 Å². The van der Waals surface area contributed by atoms with Crippen molar-refractivity contribution in [3.63, 3.8) is 0 Å². The van der Waals surface area contributed by atoms with E-state index in [2.05, 4.69) is 17.1 Å². The fourth-order valence-electron chi connectivity index (χ4n) is 2.45. The van der Waals surface area contributed by atoms with Crippen molar-refractivity contribution in [3.05, 3.63) is 58.0 Å². The molecule has 4 nitrogen and oxygen atoms in total. The third-order valence-corrected chi connectivity index (χ3v) is 5.74. The highest BCUT2D eigenvalue weighted by Crippen LogP contribution is 2.31. The summed E-state index contributed by atoms with van der Waals surface area (Å²) in [6.07, 6.45) is 3.42. The average Bonchev–Trinajstić information content (AvgIpc) is 3.21. The number of thioether (sulfide) groups is 1. The number of amidine groups is 1. The Balaban J connectivity index is 1.79. The van der Waals surface area contributed by atoms with Gasteiger partial charge < -0.3 is 0 Å². The second-order valence-electron chi connectivity index (χ2n) is 5.59. The largest absolute Gasteiger partial charge is 0.284 e. The Labute approximate surface area is 154 Å². The van der Waals surface area contributed by atoms with Gasteiger partial charge in [0.2, 0.25) is 5.91 Å². The molecule has 0 saturated carbocycles. The van der Waals surface area contributed by atoms with E-state index < -0.39 is 0 Å². The topological polar surface area (TPSA) is 45.0 Å². The van der Waals surface area contributed by atoms with Gasteiger partial charge in [-0.25, -0.2) is 4.39 Å². The lowest BCUT2D eigenvalue weighted by Gasteiger charge is -2.15. The fraction of sp³-hybridized carbons (Fsp3) is 0.278. The van der Waals surface area contributed by atoms with E-state index >= 15 is 0 Å². The van der Waals surface area contributed by atoms with Crippen molar-refractivity contribution in [3.8, 4) is 0 Å². The van der Waals surface area contributed by atoms with Crippen molar-refractivity contribution in [1.29, 1.82) is 0 Å². The summed E-state index contributed by atoms with van der Waals surface area (Å²) in [5.74, 6) is -0.245. The maximum absolute atomic E-state index is 13.1. The Bertz CT molecular complexity index is 772. The SMILES string of the molecule is CCCC1S/C(=N\N=C\c2cccs2)N(Cc2ccc(F)cc2)C1=O. The van der Waals surface area contributed by atoms with Crippen molar-refractivity contribution in [2.75, 3.05) is 0 Å². The van der Waals surface area contributed by atoms with E-state index in [4.69, 9.17) is 0 Å². The summed E-state index contributed by atoms with van der Waals surface area (Å²) < 4.78 is 13.1. The zero-order chi connectivity index (χ0) is 17.6. The monoisotopic (exact) mass is 375 g/mol. The van der Waals surface area contributed by atoms with Crippen LogP contribution in [0.25, 0.3) is 0 Å². The molecule has 1 aromatic carbocycles. The number of nitrogens with zero attached hydrogens (tertiary/aromatic N) is 3. The minimum atomic E-state index is -0.288. The molecule has 1 aromatic heterocycles. The molecule has 0 N–H and O–H groups in total. The standard InChI is InChI=1S/C18H18FN3OS2/c1-2-4-16-17(23)22(12-13-6-8-14(19)9-7-13)18(25-16)21-20-11-15-5-3-10-24-15/h3,5-11,16H,2,4,12H2,1H3/b20-11+,21-18-. The van der Waals surface area contributed by atoms with Gasteiger partial charge in [-0.05, 0) is 35.6 Å². The number of benzene rings is 1. The van der Waals surface area contributed by atoms with Gasteiger partial charge in [-0.3, -0.25) is 9.69 Å². The van der Waals surface area contributed by atoms with Gasteiger partial charge in [0.15, 0.2) is 5.17 Å². The van der Waals surface area contributed by atoms with Gasteiger partial charge in [0.05, 0.1) is 18.0 Å². The van der Waals surface area contributed by atoms with Gasteiger partial charge in [-0.15, -0.1) is 16.4 Å². The number of hydrogen-bond donors (Lipinski definition) is 0. The summed E-state index contributed by atoms with van der Waals surface area (Å²) in [5.41, 5.74) is 0.863. The van der Waals surface area contributed by atoms with E-state index in [9.17, 15) is 9.18 Å². The van der Waals surface area contributed by atoms with Crippen LogP contribution in [0.5, 0.6) is 0 Å². The van der Waals surface area contributed by atoms with Crippen LogP contribution < -0.4 is 0 Å². The van der Waals surface area contributed by atoms with Crippen molar-refractivity contribution in [1.82, 2.24) is 4.90 Å². The predicted molar refractivity (Wildman–Crippen MR) is 103 cm³/mol. The molecule has 1 aliphatic rings. The summed E-state index contributed by atoms with van der Waals surface area (Å²) in [6, 6.07) is 10.1. The quantitative estimate of drug-likeness (QED) is 0.550. The third kappa shape index (κ3) is 4.55. The molecular weight excluding hydrogens is 357 g/mol. The molecule has 1 atom stereocenters. The first-order valence-corrected chi connectivity index (χ1v) is 9.80. The highest BCUT2D eigenvalue weighted by Gasteiger charge is 2.37. The predicted octanol–water partition coefficient (Wildman–Crippen LogP) is 4.52. The maximum atomic E-state index is 13.1. The minimum absolute atomic E-state index is 0.0428. The van der Waals surface area contributed by atoms with Gasteiger partial charge in [-0.2, -0.15) is 5.10 Å². The van der Waals surface area contributed by atoms with E-state index in [1.807, 2.05) is 17.5 Å². The first-order chi connectivity index (χ1) is 12.2. The maximum Gasteiger partial charge on any atom is 0.242 e. The Morgan fingerprint density at radius 3 is 2.76 bits per heavy atom. The van der Waals surface area contributed by atoms with Crippen LogP contribution in [0, 0.1) is 5.82 Å². The molecule has 2 aromatic rings. The lowest BCUT2D eigenvalue weighted by molar-refractivity contribution is -0.126. The molecule has 1 saturated heterocycles. The lowest BCUT2D eigenvalue weighted by Crippen LogP contribution is -2.31.